The molecule has 2 nitrogen and oxygen atoms in total. The summed E-state index contributed by atoms with van der Waals surface area (Å²) in [6, 6.07) is 0.675. The monoisotopic (exact) mass is 266 g/mol. The Kier molecular flexibility index (Phi) is 6.66. The fourth-order valence-corrected chi connectivity index (χ4v) is 4.26. The Bertz CT molecular complexity index is 233. The second-order valence-corrected chi connectivity index (χ2v) is 6.80. The van der Waals surface area contributed by atoms with Gasteiger partial charge in [-0.2, -0.15) is 0 Å². The van der Waals surface area contributed by atoms with Crippen molar-refractivity contribution in [1.82, 2.24) is 4.90 Å². The topological polar surface area (TPSA) is 29.3 Å². The van der Waals surface area contributed by atoms with Gasteiger partial charge in [0.05, 0.1) is 0 Å². The molecule has 0 spiro atoms. The number of hydrogen-bond acceptors (Lipinski definition) is 2. The summed E-state index contributed by atoms with van der Waals surface area (Å²) in [5, 5.41) is 0. The molecule has 2 fully saturated rings. The van der Waals surface area contributed by atoms with Crippen LogP contribution in [0.2, 0.25) is 0 Å². The molecular formula is C17H34N2. The first-order chi connectivity index (χ1) is 9.35. The predicted molar refractivity (Wildman–Crippen MR) is 83.2 cm³/mol. The van der Waals surface area contributed by atoms with E-state index in [4.69, 9.17) is 5.73 Å². The van der Waals surface area contributed by atoms with Crippen molar-refractivity contribution in [2.75, 3.05) is 19.6 Å². The summed E-state index contributed by atoms with van der Waals surface area (Å²) >= 11 is 0. The average molecular weight is 266 g/mol. The molecule has 1 saturated heterocycles. The summed E-state index contributed by atoms with van der Waals surface area (Å²) < 4.78 is 0. The molecule has 1 heterocycles. The van der Waals surface area contributed by atoms with Crippen molar-refractivity contribution in [2.24, 2.45) is 17.6 Å². The van der Waals surface area contributed by atoms with Gasteiger partial charge in [0, 0.05) is 12.6 Å². The average Bonchev–Trinajstić information content (AvgIpc) is 2.83. The van der Waals surface area contributed by atoms with Gasteiger partial charge in [0.1, 0.15) is 0 Å². The van der Waals surface area contributed by atoms with Crippen LogP contribution in [0.5, 0.6) is 0 Å². The highest BCUT2D eigenvalue weighted by molar-refractivity contribution is 4.84. The van der Waals surface area contributed by atoms with Crippen LogP contribution in [0, 0.1) is 11.8 Å². The van der Waals surface area contributed by atoms with Gasteiger partial charge in [0.2, 0.25) is 0 Å². The third-order valence-corrected chi connectivity index (χ3v) is 5.61. The van der Waals surface area contributed by atoms with E-state index in [2.05, 4.69) is 11.8 Å². The molecule has 0 aromatic carbocycles. The van der Waals surface area contributed by atoms with Gasteiger partial charge in [0.15, 0.2) is 0 Å². The minimum atomic E-state index is 0.675. The van der Waals surface area contributed by atoms with Crippen LogP contribution in [0.4, 0.5) is 0 Å². The van der Waals surface area contributed by atoms with Crippen LogP contribution < -0.4 is 5.73 Å². The molecule has 112 valence electrons. The van der Waals surface area contributed by atoms with Crippen LogP contribution in [-0.4, -0.2) is 30.6 Å². The number of nitrogens with two attached hydrogens (primary N) is 1. The molecule has 2 unspecified atom stereocenters. The molecule has 19 heavy (non-hydrogen) atoms. The lowest BCUT2D eigenvalue weighted by Gasteiger charge is -2.35. The van der Waals surface area contributed by atoms with E-state index in [0.717, 1.165) is 18.4 Å². The largest absolute Gasteiger partial charge is 0.329 e. The number of likely N-dealkylation sites (tertiary alicyclic amines) is 1. The van der Waals surface area contributed by atoms with E-state index in [9.17, 15) is 0 Å². The molecule has 1 saturated carbocycles. The lowest BCUT2D eigenvalue weighted by atomic mass is 9.90. The number of hydrogen-bond donors (Lipinski definition) is 1. The van der Waals surface area contributed by atoms with Crippen LogP contribution >= 0.6 is 0 Å². The first kappa shape index (κ1) is 15.3. The van der Waals surface area contributed by atoms with Crippen molar-refractivity contribution in [3.8, 4) is 0 Å². The minimum Gasteiger partial charge on any atom is -0.329 e. The Morgan fingerprint density at radius 3 is 2.32 bits per heavy atom. The highest BCUT2D eigenvalue weighted by atomic mass is 15.2. The first-order valence-electron chi connectivity index (χ1n) is 8.79. The van der Waals surface area contributed by atoms with Gasteiger partial charge in [-0.3, -0.25) is 4.90 Å². The molecule has 0 aromatic rings. The maximum atomic E-state index is 6.16. The second kappa shape index (κ2) is 8.26. The van der Waals surface area contributed by atoms with Crippen molar-refractivity contribution >= 4 is 0 Å². The first-order valence-corrected chi connectivity index (χ1v) is 8.79. The lowest BCUT2D eigenvalue weighted by molar-refractivity contribution is 0.138. The highest BCUT2D eigenvalue weighted by Crippen LogP contribution is 2.30. The molecular weight excluding hydrogens is 232 g/mol. The van der Waals surface area contributed by atoms with E-state index in [1.165, 1.54) is 77.3 Å². The van der Waals surface area contributed by atoms with Gasteiger partial charge in [-0.15, -0.1) is 0 Å². The standard InChI is InChI=1S/C17H34N2/c1-2-15-8-7-12-19(13-11-15)17(14-18)16-9-5-3-4-6-10-16/h15-17H,2-14,18H2,1H3. The van der Waals surface area contributed by atoms with Gasteiger partial charge < -0.3 is 5.73 Å². The predicted octanol–water partition coefficient (Wildman–Crippen LogP) is 3.80. The summed E-state index contributed by atoms with van der Waals surface area (Å²) in [5.74, 6) is 1.85. The normalized spacial score (nSPS) is 29.7. The lowest BCUT2D eigenvalue weighted by Crippen LogP contribution is -2.46. The van der Waals surface area contributed by atoms with Gasteiger partial charge >= 0.3 is 0 Å². The maximum Gasteiger partial charge on any atom is 0.0246 e. The van der Waals surface area contributed by atoms with Crippen LogP contribution in [-0.2, 0) is 0 Å². The van der Waals surface area contributed by atoms with E-state index in [0.29, 0.717) is 6.04 Å². The molecule has 1 aliphatic carbocycles. The number of rotatable bonds is 4. The SMILES string of the molecule is CCC1CCCN(C(CN)C2CCCCCC2)CC1. The summed E-state index contributed by atoms with van der Waals surface area (Å²) in [6.45, 7) is 5.83. The van der Waals surface area contributed by atoms with Crippen molar-refractivity contribution in [1.29, 1.82) is 0 Å². The van der Waals surface area contributed by atoms with E-state index in [-0.39, 0.29) is 0 Å². The summed E-state index contributed by atoms with van der Waals surface area (Å²) in [4.78, 5) is 2.76. The maximum absolute atomic E-state index is 6.16. The molecule has 0 radical (unpaired) electrons. The Balaban J connectivity index is 1.91. The molecule has 0 amide bonds. The second-order valence-electron chi connectivity index (χ2n) is 6.80. The third kappa shape index (κ3) is 4.46. The van der Waals surface area contributed by atoms with E-state index >= 15 is 0 Å². The van der Waals surface area contributed by atoms with Crippen molar-refractivity contribution < 1.29 is 0 Å². The van der Waals surface area contributed by atoms with Crippen LogP contribution in [0.1, 0.15) is 71.1 Å². The molecule has 1 aliphatic heterocycles. The van der Waals surface area contributed by atoms with E-state index in [1.807, 2.05) is 0 Å². The molecule has 2 rings (SSSR count). The van der Waals surface area contributed by atoms with Crippen molar-refractivity contribution in [3.63, 3.8) is 0 Å². The zero-order chi connectivity index (χ0) is 13.5. The zero-order valence-electron chi connectivity index (χ0n) is 12.9. The molecule has 2 heteroatoms. The van der Waals surface area contributed by atoms with E-state index in [1.54, 1.807) is 0 Å². The molecule has 0 aromatic heterocycles. The Hall–Kier alpha value is -0.0800. The van der Waals surface area contributed by atoms with Gasteiger partial charge in [-0.1, -0.05) is 39.0 Å². The van der Waals surface area contributed by atoms with Gasteiger partial charge in [0.25, 0.3) is 0 Å². The molecule has 2 aliphatic rings. The zero-order valence-corrected chi connectivity index (χ0v) is 12.9. The Morgan fingerprint density at radius 1 is 0.947 bits per heavy atom. The Labute approximate surface area is 120 Å². The van der Waals surface area contributed by atoms with Crippen molar-refractivity contribution in [3.05, 3.63) is 0 Å². The van der Waals surface area contributed by atoms with Crippen LogP contribution in [0.3, 0.4) is 0 Å². The summed E-state index contributed by atoms with van der Waals surface area (Å²) in [6.07, 6.45) is 14.2. The smallest absolute Gasteiger partial charge is 0.0246 e. The number of nitrogens with zero attached hydrogens (tertiary/aromatic N) is 1. The fourth-order valence-electron chi connectivity index (χ4n) is 4.26. The fraction of sp³-hybridized carbons (Fsp3) is 1.00. The van der Waals surface area contributed by atoms with Crippen molar-refractivity contribution in [2.45, 2.75) is 77.2 Å². The van der Waals surface area contributed by atoms with Gasteiger partial charge in [-0.05, 0) is 57.0 Å². The quantitative estimate of drug-likeness (QED) is 0.784. The highest BCUT2D eigenvalue weighted by Gasteiger charge is 2.28. The van der Waals surface area contributed by atoms with Crippen LogP contribution in [0.15, 0.2) is 0 Å². The van der Waals surface area contributed by atoms with Crippen LogP contribution in [0.25, 0.3) is 0 Å². The Morgan fingerprint density at radius 2 is 1.68 bits per heavy atom. The molecule has 2 N–H and O–H groups in total. The summed E-state index contributed by atoms with van der Waals surface area (Å²) in [7, 11) is 0. The van der Waals surface area contributed by atoms with E-state index < -0.39 is 0 Å². The summed E-state index contributed by atoms with van der Waals surface area (Å²) in [5.41, 5.74) is 6.16. The molecule has 2 atom stereocenters. The molecule has 0 bridgehead atoms. The minimum absolute atomic E-state index is 0.675. The van der Waals surface area contributed by atoms with Gasteiger partial charge in [-0.25, -0.2) is 0 Å². The third-order valence-electron chi connectivity index (χ3n) is 5.61.